The number of carbonyl (C=O) groups is 1. The lowest BCUT2D eigenvalue weighted by atomic mass is 10.2. The summed E-state index contributed by atoms with van der Waals surface area (Å²) in [4.78, 5) is 16.4. The van der Waals surface area contributed by atoms with Gasteiger partial charge in [-0.1, -0.05) is 22.0 Å². The van der Waals surface area contributed by atoms with Crippen LogP contribution in [-0.2, 0) is 0 Å². The van der Waals surface area contributed by atoms with E-state index in [0.717, 1.165) is 4.47 Å². The molecule has 1 amide bonds. The van der Waals surface area contributed by atoms with E-state index in [1.54, 1.807) is 18.3 Å². The molecule has 1 heterocycles. The molecule has 5 nitrogen and oxygen atoms in total. The molecule has 8 heteroatoms. The number of benzene rings is 1. The van der Waals surface area contributed by atoms with E-state index < -0.39 is 0 Å². The highest BCUT2D eigenvalue weighted by Gasteiger charge is 2.14. The maximum Gasteiger partial charge on any atom is 0.256 e. The molecule has 0 saturated heterocycles. The Morgan fingerprint density at radius 2 is 2.04 bits per heavy atom. The number of amides is 1. The molecule has 2 aromatic rings. The third-order valence-corrected chi connectivity index (χ3v) is 3.58. The zero-order valence-electron chi connectivity index (χ0n) is 13.3. The summed E-state index contributed by atoms with van der Waals surface area (Å²) in [5, 5.41) is 5.92. The largest absolute Gasteiger partial charge is 0.438 e. The monoisotopic (exact) mass is 435 g/mol. The summed E-state index contributed by atoms with van der Waals surface area (Å²) in [5.41, 5.74) is 0.408. The molecule has 1 aromatic heterocycles. The van der Waals surface area contributed by atoms with Crippen LogP contribution >= 0.6 is 40.7 Å². The fraction of sp³-hybridized carbons (Fsp3) is 0.250. The lowest BCUT2D eigenvalue weighted by molar-refractivity contribution is 0.0947. The molecule has 0 fully saturated rings. The highest BCUT2D eigenvalue weighted by Crippen LogP contribution is 2.25. The molecule has 1 aromatic carbocycles. The molecule has 0 bridgehead atoms. The van der Waals surface area contributed by atoms with Crippen LogP contribution in [0.15, 0.2) is 47.1 Å². The summed E-state index contributed by atoms with van der Waals surface area (Å²) in [7, 11) is 1.85. The van der Waals surface area contributed by atoms with E-state index in [4.69, 9.17) is 4.74 Å². The van der Waals surface area contributed by atoms with Crippen LogP contribution < -0.4 is 15.4 Å². The van der Waals surface area contributed by atoms with Crippen molar-refractivity contribution in [2.75, 3.05) is 13.6 Å². The number of halogens is 3. The van der Waals surface area contributed by atoms with E-state index >= 15 is 0 Å². The van der Waals surface area contributed by atoms with Crippen molar-refractivity contribution < 1.29 is 9.53 Å². The number of pyridine rings is 1. The smallest absolute Gasteiger partial charge is 0.256 e. The summed E-state index contributed by atoms with van der Waals surface area (Å²) in [6.07, 6.45) is 1.60. The second kappa shape index (κ2) is 11.3. The first kappa shape index (κ1) is 22.7. The first-order valence-corrected chi connectivity index (χ1v) is 7.73. The minimum Gasteiger partial charge on any atom is -0.438 e. The zero-order valence-corrected chi connectivity index (χ0v) is 16.5. The molecule has 0 radical (unpaired) electrons. The molecule has 24 heavy (non-hydrogen) atoms. The van der Waals surface area contributed by atoms with Gasteiger partial charge in [0.25, 0.3) is 5.91 Å². The third-order valence-electron chi connectivity index (χ3n) is 3.09. The van der Waals surface area contributed by atoms with E-state index in [2.05, 4.69) is 31.5 Å². The summed E-state index contributed by atoms with van der Waals surface area (Å²) >= 11 is 3.39. The van der Waals surface area contributed by atoms with Gasteiger partial charge in [0, 0.05) is 23.3 Å². The van der Waals surface area contributed by atoms with Gasteiger partial charge in [0.2, 0.25) is 5.88 Å². The van der Waals surface area contributed by atoms with Gasteiger partial charge in [-0.3, -0.25) is 4.79 Å². The van der Waals surface area contributed by atoms with Crippen molar-refractivity contribution in [3.63, 3.8) is 0 Å². The number of hydrogen-bond donors (Lipinski definition) is 2. The number of likely N-dealkylation sites (N-methyl/N-ethyl adjacent to an activating group) is 1. The molecule has 2 rings (SSSR count). The van der Waals surface area contributed by atoms with Crippen LogP contribution in [0.5, 0.6) is 11.6 Å². The molecule has 0 aliphatic rings. The van der Waals surface area contributed by atoms with Gasteiger partial charge in [0.1, 0.15) is 11.3 Å². The van der Waals surface area contributed by atoms with Crippen molar-refractivity contribution >= 4 is 46.7 Å². The average Bonchev–Trinajstić information content (AvgIpc) is 2.53. The standard InChI is InChI=1S/C16H18BrN3O2.2ClH/c1-11(18-2)10-20-15(21)14-7-4-8-19-16(14)22-13-6-3-5-12(17)9-13;;/h3-9,11,18H,10H2,1-2H3,(H,20,21);2*1H. The predicted octanol–water partition coefficient (Wildman–Crippen LogP) is 3.82. The maximum atomic E-state index is 12.3. The van der Waals surface area contributed by atoms with Crippen molar-refractivity contribution in [1.29, 1.82) is 0 Å². The van der Waals surface area contributed by atoms with Gasteiger partial charge in [-0.05, 0) is 44.3 Å². The van der Waals surface area contributed by atoms with Crippen molar-refractivity contribution in [1.82, 2.24) is 15.6 Å². The number of ether oxygens (including phenoxy) is 1. The fourth-order valence-corrected chi connectivity index (χ4v) is 2.11. The van der Waals surface area contributed by atoms with E-state index in [1.165, 1.54) is 0 Å². The molecule has 0 saturated carbocycles. The van der Waals surface area contributed by atoms with Crippen molar-refractivity contribution in [2.45, 2.75) is 13.0 Å². The molecule has 132 valence electrons. The second-order valence-electron chi connectivity index (χ2n) is 4.82. The Hall–Kier alpha value is -1.34. The summed E-state index contributed by atoms with van der Waals surface area (Å²) in [6.45, 7) is 2.52. The van der Waals surface area contributed by atoms with Crippen LogP contribution in [0.2, 0.25) is 0 Å². The highest BCUT2D eigenvalue weighted by atomic mass is 79.9. The Morgan fingerprint density at radius 3 is 2.71 bits per heavy atom. The SMILES string of the molecule is CNC(C)CNC(=O)c1cccnc1Oc1cccc(Br)c1.Cl.Cl. The molecule has 2 N–H and O–H groups in total. The second-order valence-corrected chi connectivity index (χ2v) is 5.73. The molecule has 0 aliphatic carbocycles. The lowest BCUT2D eigenvalue weighted by Crippen LogP contribution is -2.37. The van der Waals surface area contributed by atoms with Gasteiger partial charge in [0.05, 0.1) is 0 Å². The molecule has 1 unspecified atom stereocenters. The number of nitrogens with one attached hydrogen (secondary N) is 2. The zero-order chi connectivity index (χ0) is 15.9. The lowest BCUT2D eigenvalue weighted by Gasteiger charge is -2.13. The number of carbonyl (C=O) groups excluding carboxylic acids is 1. The van der Waals surface area contributed by atoms with E-state index in [-0.39, 0.29) is 42.6 Å². The summed E-state index contributed by atoms with van der Waals surface area (Å²) in [5.74, 6) is 0.695. The first-order valence-electron chi connectivity index (χ1n) is 6.94. The highest BCUT2D eigenvalue weighted by molar-refractivity contribution is 9.10. The van der Waals surface area contributed by atoms with Gasteiger partial charge in [-0.15, -0.1) is 24.8 Å². The number of rotatable bonds is 6. The van der Waals surface area contributed by atoms with Crippen LogP contribution in [0.25, 0.3) is 0 Å². The van der Waals surface area contributed by atoms with Gasteiger partial charge in [0.15, 0.2) is 0 Å². The number of aromatic nitrogens is 1. The van der Waals surface area contributed by atoms with Crippen LogP contribution in [0.3, 0.4) is 0 Å². The molecule has 0 spiro atoms. The Balaban J connectivity index is 0.00000264. The van der Waals surface area contributed by atoms with Crippen LogP contribution in [0, 0.1) is 0 Å². The Bertz CT molecular complexity index is 659. The van der Waals surface area contributed by atoms with Crippen molar-refractivity contribution in [2.24, 2.45) is 0 Å². The average molecular weight is 437 g/mol. The van der Waals surface area contributed by atoms with Crippen molar-refractivity contribution in [3.8, 4) is 11.6 Å². The Labute approximate surface area is 162 Å². The normalized spacial score (nSPS) is 10.8. The van der Waals surface area contributed by atoms with Crippen LogP contribution in [-0.4, -0.2) is 30.5 Å². The van der Waals surface area contributed by atoms with E-state index in [9.17, 15) is 4.79 Å². The first-order chi connectivity index (χ1) is 10.6. The number of hydrogen-bond acceptors (Lipinski definition) is 4. The molecule has 0 aliphatic heterocycles. The van der Waals surface area contributed by atoms with Gasteiger partial charge in [-0.2, -0.15) is 0 Å². The summed E-state index contributed by atoms with van der Waals surface area (Å²) < 4.78 is 6.62. The topological polar surface area (TPSA) is 63.2 Å². The number of nitrogens with zero attached hydrogens (tertiary/aromatic N) is 1. The van der Waals surface area contributed by atoms with Gasteiger partial charge in [-0.25, -0.2) is 4.98 Å². The maximum absolute atomic E-state index is 12.3. The quantitative estimate of drug-likeness (QED) is 0.722. The fourth-order valence-electron chi connectivity index (χ4n) is 1.73. The minimum absolute atomic E-state index is 0. The van der Waals surface area contributed by atoms with Crippen molar-refractivity contribution in [3.05, 3.63) is 52.6 Å². The molecule has 1 atom stereocenters. The minimum atomic E-state index is -0.208. The Kier molecular flexibility index (Phi) is 10.6. The van der Waals surface area contributed by atoms with E-state index in [1.807, 2.05) is 38.2 Å². The molecular formula is C16H20BrCl2N3O2. The van der Waals surface area contributed by atoms with Crippen LogP contribution in [0.1, 0.15) is 17.3 Å². The summed E-state index contributed by atoms with van der Waals surface area (Å²) in [6, 6.07) is 11.0. The van der Waals surface area contributed by atoms with Gasteiger partial charge < -0.3 is 15.4 Å². The molecular weight excluding hydrogens is 417 g/mol. The van der Waals surface area contributed by atoms with Crippen LogP contribution in [0.4, 0.5) is 0 Å². The third kappa shape index (κ3) is 6.65. The Morgan fingerprint density at radius 1 is 1.29 bits per heavy atom. The van der Waals surface area contributed by atoms with Gasteiger partial charge >= 0.3 is 0 Å². The van der Waals surface area contributed by atoms with E-state index in [0.29, 0.717) is 17.9 Å². The predicted molar refractivity (Wildman–Crippen MR) is 104 cm³/mol.